The van der Waals surface area contributed by atoms with Crippen LogP contribution >= 0.6 is 0 Å². The SMILES string of the molecule is N#C/C(=C/NCCCCCC(=O)O)C(=O)Nc1cccc(O)c1. The lowest BCUT2D eigenvalue weighted by atomic mass is 10.2. The van der Waals surface area contributed by atoms with E-state index >= 15 is 0 Å². The van der Waals surface area contributed by atoms with E-state index < -0.39 is 11.9 Å². The number of hydrogen-bond donors (Lipinski definition) is 4. The van der Waals surface area contributed by atoms with Crippen LogP contribution in [0.25, 0.3) is 0 Å². The average Bonchev–Trinajstić information content (AvgIpc) is 2.49. The van der Waals surface area contributed by atoms with Crippen molar-refractivity contribution >= 4 is 17.6 Å². The zero-order chi connectivity index (χ0) is 17.1. The van der Waals surface area contributed by atoms with Crippen molar-refractivity contribution in [2.24, 2.45) is 0 Å². The van der Waals surface area contributed by atoms with Crippen molar-refractivity contribution in [3.8, 4) is 11.8 Å². The fourth-order valence-corrected chi connectivity index (χ4v) is 1.78. The molecule has 4 N–H and O–H groups in total. The molecule has 0 fully saturated rings. The van der Waals surface area contributed by atoms with Crippen LogP contribution in [0.2, 0.25) is 0 Å². The van der Waals surface area contributed by atoms with Crippen LogP contribution in [-0.4, -0.2) is 28.6 Å². The number of phenols is 1. The van der Waals surface area contributed by atoms with E-state index in [0.29, 0.717) is 18.7 Å². The van der Waals surface area contributed by atoms with Gasteiger partial charge >= 0.3 is 5.97 Å². The van der Waals surface area contributed by atoms with Gasteiger partial charge in [-0.25, -0.2) is 0 Å². The fraction of sp³-hybridized carbons (Fsp3) is 0.312. The number of aliphatic carboxylic acids is 1. The summed E-state index contributed by atoms with van der Waals surface area (Å²) in [5.74, 6) is -1.37. The summed E-state index contributed by atoms with van der Waals surface area (Å²) in [7, 11) is 0. The summed E-state index contributed by atoms with van der Waals surface area (Å²) in [4.78, 5) is 22.2. The van der Waals surface area contributed by atoms with E-state index in [9.17, 15) is 14.7 Å². The molecule has 7 nitrogen and oxygen atoms in total. The Labute approximate surface area is 134 Å². The Balaban J connectivity index is 2.38. The Hall–Kier alpha value is -3.01. The smallest absolute Gasteiger partial charge is 0.303 e. The minimum absolute atomic E-state index is 0.0183. The standard InChI is InChI=1S/C16H19N3O4/c17-10-12(11-18-8-3-1-2-7-15(21)22)16(23)19-13-5-4-6-14(20)9-13/h4-6,9,11,18,20H,1-3,7-8H2,(H,19,23)(H,21,22)/b12-11-. The molecule has 0 spiro atoms. The van der Waals surface area contributed by atoms with Crippen LogP contribution in [0, 0.1) is 11.3 Å². The highest BCUT2D eigenvalue weighted by Crippen LogP contribution is 2.15. The summed E-state index contributed by atoms with van der Waals surface area (Å²) >= 11 is 0. The number of hydrogen-bond acceptors (Lipinski definition) is 5. The molecule has 1 aromatic carbocycles. The van der Waals surface area contributed by atoms with Crippen LogP contribution < -0.4 is 10.6 Å². The van der Waals surface area contributed by atoms with Crippen molar-refractivity contribution < 1.29 is 19.8 Å². The number of nitriles is 1. The van der Waals surface area contributed by atoms with Gasteiger partial charge in [0.1, 0.15) is 17.4 Å². The van der Waals surface area contributed by atoms with Gasteiger partial charge in [-0.2, -0.15) is 5.26 Å². The number of anilines is 1. The molecule has 0 bridgehead atoms. The van der Waals surface area contributed by atoms with E-state index in [2.05, 4.69) is 10.6 Å². The lowest BCUT2D eigenvalue weighted by molar-refractivity contribution is -0.137. The number of carboxylic acids is 1. The molecule has 0 atom stereocenters. The highest BCUT2D eigenvalue weighted by molar-refractivity contribution is 6.06. The van der Waals surface area contributed by atoms with Gasteiger partial charge in [-0.3, -0.25) is 9.59 Å². The maximum atomic E-state index is 11.9. The van der Waals surface area contributed by atoms with Gasteiger partial charge in [0.2, 0.25) is 0 Å². The Bertz CT molecular complexity index is 620. The molecular weight excluding hydrogens is 298 g/mol. The summed E-state index contributed by atoms with van der Waals surface area (Å²) < 4.78 is 0. The monoisotopic (exact) mass is 317 g/mol. The molecule has 1 rings (SSSR count). The van der Waals surface area contributed by atoms with Gasteiger partial charge in [0, 0.05) is 30.9 Å². The lowest BCUT2D eigenvalue weighted by Gasteiger charge is -2.05. The Kier molecular flexibility index (Phi) is 7.72. The third-order valence-electron chi connectivity index (χ3n) is 2.93. The van der Waals surface area contributed by atoms with Gasteiger partial charge in [0.05, 0.1) is 0 Å². The van der Waals surface area contributed by atoms with Gasteiger partial charge < -0.3 is 20.8 Å². The number of benzene rings is 1. The molecule has 0 unspecified atom stereocenters. The molecule has 0 heterocycles. The Morgan fingerprint density at radius 2 is 2.04 bits per heavy atom. The number of carbonyl (C=O) groups excluding carboxylic acids is 1. The summed E-state index contributed by atoms with van der Waals surface area (Å²) in [5.41, 5.74) is 0.309. The van der Waals surface area contributed by atoms with Gasteiger partial charge in [0.15, 0.2) is 0 Å². The zero-order valence-electron chi connectivity index (χ0n) is 12.6. The summed E-state index contributed by atoms with van der Waals surface area (Å²) in [6.45, 7) is 0.546. The summed E-state index contributed by atoms with van der Waals surface area (Å²) in [5, 5.41) is 32.2. The number of carboxylic acid groups (broad SMARTS) is 1. The van der Waals surface area contributed by atoms with E-state index in [0.717, 1.165) is 12.8 Å². The fourth-order valence-electron chi connectivity index (χ4n) is 1.78. The number of carbonyl (C=O) groups is 2. The molecule has 23 heavy (non-hydrogen) atoms. The molecule has 0 aliphatic rings. The molecule has 122 valence electrons. The second-order valence-corrected chi connectivity index (χ2v) is 4.83. The van der Waals surface area contributed by atoms with E-state index in [1.807, 2.05) is 0 Å². The molecule has 0 saturated carbocycles. The highest BCUT2D eigenvalue weighted by atomic mass is 16.4. The maximum absolute atomic E-state index is 11.9. The number of amides is 1. The molecule has 0 aromatic heterocycles. The number of phenolic OH excluding ortho intramolecular Hbond substituents is 1. The van der Waals surface area contributed by atoms with Crippen LogP contribution in [-0.2, 0) is 9.59 Å². The first-order valence-electron chi connectivity index (χ1n) is 7.18. The molecule has 0 aliphatic carbocycles. The third kappa shape index (κ3) is 7.52. The minimum Gasteiger partial charge on any atom is -0.508 e. The Morgan fingerprint density at radius 3 is 2.70 bits per heavy atom. The maximum Gasteiger partial charge on any atom is 0.303 e. The van der Waals surface area contributed by atoms with Crippen molar-refractivity contribution in [2.75, 3.05) is 11.9 Å². The number of nitrogens with one attached hydrogen (secondary N) is 2. The van der Waals surface area contributed by atoms with E-state index in [-0.39, 0.29) is 17.7 Å². The van der Waals surface area contributed by atoms with Gasteiger partial charge in [-0.05, 0) is 25.0 Å². The predicted octanol–water partition coefficient (Wildman–Crippen LogP) is 1.97. The van der Waals surface area contributed by atoms with Crippen molar-refractivity contribution in [1.29, 1.82) is 5.26 Å². The number of unbranched alkanes of at least 4 members (excludes halogenated alkanes) is 2. The molecular formula is C16H19N3O4. The van der Waals surface area contributed by atoms with Crippen LogP contribution in [0.1, 0.15) is 25.7 Å². The normalized spacial score (nSPS) is 10.7. The molecule has 0 saturated heterocycles. The highest BCUT2D eigenvalue weighted by Gasteiger charge is 2.09. The number of nitrogens with zero attached hydrogens (tertiary/aromatic N) is 1. The van der Waals surface area contributed by atoms with E-state index in [1.165, 1.54) is 18.3 Å². The Morgan fingerprint density at radius 1 is 1.26 bits per heavy atom. The lowest BCUT2D eigenvalue weighted by Crippen LogP contribution is -2.17. The number of aromatic hydroxyl groups is 1. The van der Waals surface area contributed by atoms with Gasteiger partial charge in [-0.15, -0.1) is 0 Å². The summed E-state index contributed by atoms with van der Waals surface area (Å²) in [6.07, 6.45) is 3.58. The number of rotatable bonds is 9. The van der Waals surface area contributed by atoms with Crippen LogP contribution in [0.5, 0.6) is 5.75 Å². The molecule has 0 aliphatic heterocycles. The summed E-state index contributed by atoms with van der Waals surface area (Å²) in [6, 6.07) is 7.83. The predicted molar refractivity (Wildman–Crippen MR) is 84.5 cm³/mol. The van der Waals surface area contributed by atoms with E-state index in [4.69, 9.17) is 10.4 Å². The minimum atomic E-state index is -0.812. The van der Waals surface area contributed by atoms with Gasteiger partial charge in [0.25, 0.3) is 5.91 Å². The molecule has 1 amide bonds. The van der Waals surface area contributed by atoms with Crippen LogP contribution in [0.3, 0.4) is 0 Å². The van der Waals surface area contributed by atoms with Crippen molar-refractivity contribution in [2.45, 2.75) is 25.7 Å². The average molecular weight is 317 g/mol. The van der Waals surface area contributed by atoms with Crippen molar-refractivity contribution in [3.63, 3.8) is 0 Å². The first-order valence-corrected chi connectivity index (χ1v) is 7.18. The van der Waals surface area contributed by atoms with Crippen molar-refractivity contribution in [1.82, 2.24) is 5.32 Å². The van der Waals surface area contributed by atoms with Crippen LogP contribution in [0.15, 0.2) is 36.0 Å². The topological polar surface area (TPSA) is 122 Å². The zero-order valence-corrected chi connectivity index (χ0v) is 12.6. The molecule has 0 radical (unpaired) electrons. The van der Waals surface area contributed by atoms with Crippen LogP contribution in [0.4, 0.5) is 5.69 Å². The van der Waals surface area contributed by atoms with Gasteiger partial charge in [-0.1, -0.05) is 12.5 Å². The second kappa shape index (κ2) is 9.84. The largest absolute Gasteiger partial charge is 0.508 e. The van der Waals surface area contributed by atoms with Crippen molar-refractivity contribution in [3.05, 3.63) is 36.0 Å². The quantitative estimate of drug-likeness (QED) is 0.314. The third-order valence-corrected chi connectivity index (χ3v) is 2.93. The van der Waals surface area contributed by atoms with E-state index in [1.54, 1.807) is 18.2 Å². The molecule has 7 heteroatoms. The first-order chi connectivity index (χ1) is 11.0. The molecule has 1 aromatic rings. The second-order valence-electron chi connectivity index (χ2n) is 4.83. The first kappa shape index (κ1) is 18.0.